The second kappa shape index (κ2) is 7.70. The molecule has 0 radical (unpaired) electrons. The number of carbonyl (C=O) groups excluding carboxylic acids is 1. The van der Waals surface area contributed by atoms with E-state index >= 15 is 0 Å². The monoisotopic (exact) mass is 240 g/mol. The van der Waals surface area contributed by atoms with Crippen molar-refractivity contribution >= 4 is 5.91 Å². The maximum atomic E-state index is 12.2. The molecular weight excluding hydrogens is 212 g/mol. The van der Waals surface area contributed by atoms with Crippen molar-refractivity contribution in [3.8, 4) is 0 Å². The molecular formula is C14H28N2O. The summed E-state index contributed by atoms with van der Waals surface area (Å²) < 4.78 is 0. The Balaban J connectivity index is 2.45. The van der Waals surface area contributed by atoms with Crippen molar-refractivity contribution in [3.05, 3.63) is 0 Å². The second-order valence-corrected chi connectivity index (χ2v) is 5.59. The molecule has 1 fully saturated rings. The van der Waals surface area contributed by atoms with Crippen molar-refractivity contribution in [1.29, 1.82) is 0 Å². The van der Waals surface area contributed by atoms with Gasteiger partial charge in [-0.1, -0.05) is 26.7 Å². The van der Waals surface area contributed by atoms with Gasteiger partial charge in [0.25, 0.3) is 0 Å². The lowest BCUT2D eigenvalue weighted by Gasteiger charge is -2.30. The molecule has 3 nitrogen and oxygen atoms in total. The minimum absolute atomic E-state index is 0.362. The Morgan fingerprint density at radius 1 is 1.35 bits per heavy atom. The Morgan fingerprint density at radius 3 is 2.53 bits per heavy atom. The highest BCUT2D eigenvalue weighted by Gasteiger charge is 2.26. The van der Waals surface area contributed by atoms with Gasteiger partial charge in [-0.05, 0) is 38.8 Å². The lowest BCUT2D eigenvalue weighted by Crippen LogP contribution is -2.41. The zero-order valence-corrected chi connectivity index (χ0v) is 11.7. The van der Waals surface area contributed by atoms with E-state index in [1.54, 1.807) is 0 Å². The number of nitrogens with zero attached hydrogens (tertiary/aromatic N) is 1. The van der Waals surface area contributed by atoms with Gasteiger partial charge in [0.15, 0.2) is 0 Å². The molecule has 1 aliphatic carbocycles. The third-order valence-electron chi connectivity index (χ3n) is 3.47. The van der Waals surface area contributed by atoms with Crippen LogP contribution in [0, 0.1) is 5.92 Å². The van der Waals surface area contributed by atoms with Crippen molar-refractivity contribution in [2.45, 2.75) is 58.4 Å². The van der Waals surface area contributed by atoms with Crippen molar-refractivity contribution < 1.29 is 4.79 Å². The molecule has 0 aliphatic heterocycles. The van der Waals surface area contributed by atoms with Crippen LogP contribution in [0.5, 0.6) is 0 Å². The van der Waals surface area contributed by atoms with E-state index in [0.29, 0.717) is 24.3 Å². The van der Waals surface area contributed by atoms with Crippen LogP contribution in [0.15, 0.2) is 0 Å². The first-order chi connectivity index (χ1) is 8.15. The highest BCUT2D eigenvalue weighted by Crippen LogP contribution is 2.25. The fraction of sp³-hybridized carbons (Fsp3) is 0.929. The van der Waals surface area contributed by atoms with Gasteiger partial charge >= 0.3 is 0 Å². The van der Waals surface area contributed by atoms with Gasteiger partial charge in [0.05, 0.1) is 0 Å². The van der Waals surface area contributed by atoms with Crippen LogP contribution in [-0.2, 0) is 4.79 Å². The SMILES string of the molecule is CNCCCC(=O)N(CC(C)C)C1CCCC1. The van der Waals surface area contributed by atoms with E-state index in [9.17, 15) is 4.79 Å². The minimum Gasteiger partial charge on any atom is -0.339 e. The Morgan fingerprint density at radius 2 is 2.00 bits per heavy atom. The van der Waals surface area contributed by atoms with E-state index in [-0.39, 0.29) is 0 Å². The first-order valence-corrected chi connectivity index (χ1v) is 7.09. The molecule has 0 atom stereocenters. The van der Waals surface area contributed by atoms with Crippen LogP contribution in [0.4, 0.5) is 0 Å². The van der Waals surface area contributed by atoms with Crippen LogP contribution >= 0.6 is 0 Å². The lowest BCUT2D eigenvalue weighted by atomic mass is 10.1. The van der Waals surface area contributed by atoms with E-state index in [0.717, 1.165) is 19.5 Å². The Hall–Kier alpha value is -0.570. The number of carbonyl (C=O) groups is 1. The Bertz CT molecular complexity index is 222. The zero-order valence-electron chi connectivity index (χ0n) is 11.7. The van der Waals surface area contributed by atoms with E-state index in [2.05, 4.69) is 24.1 Å². The van der Waals surface area contributed by atoms with E-state index in [4.69, 9.17) is 0 Å². The molecule has 0 spiro atoms. The second-order valence-electron chi connectivity index (χ2n) is 5.59. The van der Waals surface area contributed by atoms with Crippen molar-refractivity contribution in [3.63, 3.8) is 0 Å². The van der Waals surface area contributed by atoms with Crippen LogP contribution in [-0.4, -0.2) is 37.0 Å². The fourth-order valence-corrected chi connectivity index (χ4v) is 2.62. The smallest absolute Gasteiger partial charge is 0.222 e. The number of rotatable bonds is 7. The van der Waals surface area contributed by atoms with Gasteiger partial charge in [-0.3, -0.25) is 4.79 Å². The van der Waals surface area contributed by atoms with Crippen LogP contribution in [0.2, 0.25) is 0 Å². The molecule has 1 rings (SSSR count). The standard InChI is InChI=1S/C14H28N2O/c1-12(2)11-16(13-7-4-5-8-13)14(17)9-6-10-15-3/h12-13,15H,4-11H2,1-3H3. The molecule has 1 aliphatic rings. The summed E-state index contributed by atoms with van der Waals surface area (Å²) in [4.78, 5) is 14.4. The predicted molar refractivity (Wildman–Crippen MR) is 72.0 cm³/mol. The first-order valence-electron chi connectivity index (χ1n) is 7.09. The molecule has 0 aromatic heterocycles. The maximum absolute atomic E-state index is 12.2. The van der Waals surface area contributed by atoms with Gasteiger partial charge in [0.1, 0.15) is 0 Å². The van der Waals surface area contributed by atoms with Crippen LogP contribution in [0.25, 0.3) is 0 Å². The van der Waals surface area contributed by atoms with Gasteiger partial charge in [0, 0.05) is 19.0 Å². The highest BCUT2D eigenvalue weighted by atomic mass is 16.2. The maximum Gasteiger partial charge on any atom is 0.222 e. The van der Waals surface area contributed by atoms with Crippen molar-refractivity contribution in [1.82, 2.24) is 10.2 Å². The quantitative estimate of drug-likeness (QED) is 0.693. The minimum atomic E-state index is 0.362. The van der Waals surface area contributed by atoms with Gasteiger partial charge in [-0.2, -0.15) is 0 Å². The van der Waals surface area contributed by atoms with Gasteiger partial charge < -0.3 is 10.2 Å². The summed E-state index contributed by atoms with van der Waals surface area (Å²) in [7, 11) is 1.94. The summed E-state index contributed by atoms with van der Waals surface area (Å²) in [5, 5.41) is 3.10. The molecule has 100 valence electrons. The number of nitrogens with one attached hydrogen (secondary N) is 1. The average molecular weight is 240 g/mol. The van der Waals surface area contributed by atoms with Gasteiger partial charge in [0.2, 0.25) is 5.91 Å². The van der Waals surface area contributed by atoms with Crippen LogP contribution < -0.4 is 5.32 Å². The van der Waals surface area contributed by atoms with Crippen molar-refractivity contribution in [2.24, 2.45) is 5.92 Å². The summed E-state index contributed by atoms with van der Waals surface area (Å²) in [6.45, 7) is 6.26. The third kappa shape index (κ3) is 5.07. The molecule has 0 saturated heterocycles. The third-order valence-corrected chi connectivity index (χ3v) is 3.47. The summed E-state index contributed by atoms with van der Waals surface area (Å²) in [6, 6.07) is 0.527. The van der Waals surface area contributed by atoms with E-state index in [1.807, 2.05) is 7.05 Å². The average Bonchev–Trinajstić information content (AvgIpc) is 2.79. The van der Waals surface area contributed by atoms with E-state index in [1.165, 1.54) is 25.7 Å². The summed E-state index contributed by atoms with van der Waals surface area (Å²) >= 11 is 0. The molecule has 1 saturated carbocycles. The molecule has 0 aromatic rings. The molecule has 0 unspecified atom stereocenters. The number of hydrogen-bond acceptors (Lipinski definition) is 2. The molecule has 0 bridgehead atoms. The fourth-order valence-electron chi connectivity index (χ4n) is 2.62. The zero-order chi connectivity index (χ0) is 12.7. The first kappa shape index (κ1) is 14.5. The van der Waals surface area contributed by atoms with Gasteiger partial charge in [-0.15, -0.1) is 0 Å². The van der Waals surface area contributed by atoms with Crippen molar-refractivity contribution in [2.75, 3.05) is 20.1 Å². The Kier molecular flexibility index (Phi) is 6.56. The topological polar surface area (TPSA) is 32.3 Å². The molecule has 0 aromatic carbocycles. The summed E-state index contributed by atoms with van der Waals surface area (Å²) in [5.41, 5.74) is 0. The largest absolute Gasteiger partial charge is 0.339 e. The summed E-state index contributed by atoms with van der Waals surface area (Å²) in [5.74, 6) is 0.935. The molecule has 1 N–H and O–H groups in total. The molecule has 0 heterocycles. The molecule has 17 heavy (non-hydrogen) atoms. The highest BCUT2D eigenvalue weighted by molar-refractivity contribution is 5.76. The molecule has 3 heteroatoms. The lowest BCUT2D eigenvalue weighted by molar-refractivity contribution is -0.134. The number of hydrogen-bond donors (Lipinski definition) is 1. The van der Waals surface area contributed by atoms with Crippen LogP contribution in [0.3, 0.4) is 0 Å². The molecule has 1 amide bonds. The normalized spacial score (nSPS) is 16.7. The van der Waals surface area contributed by atoms with Crippen LogP contribution in [0.1, 0.15) is 52.4 Å². The number of amides is 1. The summed E-state index contributed by atoms with van der Waals surface area (Å²) in [6.07, 6.45) is 6.67. The predicted octanol–water partition coefficient (Wildman–Crippen LogP) is 2.41. The van der Waals surface area contributed by atoms with Gasteiger partial charge in [-0.25, -0.2) is 0 Å². The Labute approximate surface area is 106 Å². The van der Waals surface area contributed by atoms with E-state index < -0.39 is 0 Å².